The Balaban J connectivity index is 1.82. The number of hydrogen-bond donors (Lipinski definition) is 1. The number of β-amino-alcohol motifs (C(OH)–C–C–N with tert-alkyl or cyclic N) is 1. The summed E-state index contributed by atoms with van der Waals surface area (Å²) in [6, 6.07) is 3.72. The van der Waals surface area contributed by atoms with Crippen LogP contribution in [0.1, 0.15) is 29.6 Å². The third-order valence-corrected chi connectivity index (χ3v) is 4.80. The molecule has 1 aromatic rings. The van der Waals surface area contributed by atoms with Crippen LogP contribution in [0.15, 0.2) is 18.2 Å². The van der Waals surface area contributed by atoms with Crippen LogP contribution in [0, 0.1) is 11.7 Å². The summed E-state index contributed by atoms with van der Waals surface area (Å²) >= 11 is 6.00. The average molecular weight is 328 g/mol. The van der Waals surface area contributed by atoms with Gasteiger partial charge >= 0.3 is 0 Å². The molecule has 0 bridgehead atoms. The maximum Gasteiger partial charge on any atom is 0.255 e. The van der Waals surface area contributed by atoms with Crippen molar-refractivity contribution in [3.63, 3.8) is 0 Å². The van der Waals surface area contributed by atoms with Crippen molar-refractivity contribution in [1.82, 2.24) is 4.90 Å². The van der Waals surface area contributed by atoms with E-state index in [1.807, 2.05) is 0 Å². The van der Waals surface area contributed by atoms with Crippen LogP contribution < -0.4 is 0 Å². The van der Waals surface area contributed by atoms with Crippen LogP contribution in [0.3, 0.4) is 0 Å². The van der Waals surface area contributed by atoms with E-state index in [1.165, 1.54) is 12.1 Å². The van der Waals surface area contributed by atoms with Crippen molar-refractivity contribution in [2.24, 2.45) is 5.92 Å². The predicted molar refractivity (Wildman–Crippen MR) is 80.4 cm³/mol. The number of aliphatic hydroxyl groups is 1. The fraction of sp³-hybridized carbons (Fsp3) is 0.562. The molecule has 1 N–H and O–H groups in total. The van der Waals surface area contributed by atoms with E-state index in [9.17, 15) is 14.3 Å². The van der Waals surface area contributed by atoms with Crippen molar-refractivity contribution in [2.75, 3.05) is 19.8 Å². The molecule has 1 amide bonds. The first-order valence-electron chi connectivity index (χ1n) is 7.58. The Morgan fingerprint density at radius 2 is 2.27 bits per heavy atom. The smallest absolute Gasteiger partial charge is 0.255 e. The number of rotatable bonds is 2. The zero-order valence-corrected chi connectivity index (χ0v) is 12.9. The molecule has 0 aliphatic carbocycles. The SMILES string of the molecule is O=C(c1ccc(F)cc1Cl)N1CC(O)CC1C1CCCOC1. The number of carbonyl (C=O) groups excluding carboxylic acids is 1. The largest absolute Gasteiger partial charge is 0.391 e. The summed E-state index contributed by atoms with van der Waals surface area (Å²) in [7, 11) is 0. The summed E-state index contributed by atoms with van der Waals surface area (Å²) in [6.45, 7) is 1.65. The van der Waals surface area contributed by atoms with Gasteiger partial charge in [0.2, 0.25) is 0 Å². The summed E-state index contributed by atoms with van der Waals surface area (Å²) in [5, 5.41) is 10.1. The number of nitrogens with zero attached hydrogens (tertiary/aromatic N) is 1. The highest BCUT2D eigenvalue weighted by Gasteiger charge is 2.40. The highest BCUT2D eigenvalue weighted by atomic mass is 35.5. The van der Waals surface area contributed by atoms with Gasteiger partial charge in [0, 0.05) is 25.1 Å². The maximum absolute atomic E-state index is 13.2. The molecule has 0 radical (unpaired) electrons. The van der Waals surface area contributed by atoms with Crippen molar-refractivity contribution < 1.29 is 19.0 Å². The van der Waals surface area contributed by atoms with Gasteiger partial charge in [0.25, 0.3) is 5.91 Å². The highest BCUT2D eigenvalue weighted by Crippen LogP contribution is 2.32. The topological polar surface area (TPSA) is 49.8 Å². The van der Waals surface area contributed by atoms with Gasteiger partial charge in [-0.2, -0.15) is 0 Å². The number of carbonyl (C=O) groups is 1. The van der Waals surface area contributed by atoms with Crippen molar-refractivity contribution in [2.45, 2.75) is 31.4 Å². The van der Waals surface area contributed by atoms with Crippen LogP contribution in [0.5, 0.6) is 0 Å². The zero-order chi connectivity index (χ0) is 15.7. The van der Waals surface area contributed by atoms with Crippen LogP contribution in [-0.4, -0.2) is 47.8 Å². The minimum atomic E-state index is -0.532. The first-order chi connectivity index (χ1) is 10.6. The monoisotopic (exact) mass is 327 g/mol. The molecule has 2 fully saturated rings. The van der Waals surface area contributed by atoms with E-state index < -0.39 is 11.9 Å². The first-order valence-corrected chi connectivity index (χ1v) is 7.96. The van der Waals surface area contributed by atoms with Gasteiger partial charge in [0.05, 0.1) is 23.3 Å². The Labute approximate surface area is 133 Å². The van der Waals surface area contributed by atoms with Gasteiger partial charge in [-0.15, -0.1) is 0 Å². The average Bonchev–Trinajstić information content (AvgIpc) is 2.89. The van der Waals surface area contributed by atoms with Crippen LogP contribution in [0.25, 0.3) is 0 Å². The van der Waals surface area contributed by atoms with Gasteiger partial charge < -0.3 is 14.7 Å². The molecule has 0 spiro atoms. The lowest BCUT2D eigenvalue weighted by atomic mass is 9.91. The first kappa shape index (κ1) is 15.7. The molecule has 2 aliphatic heterocycles. The van der Waals surface area contributed by atoms with E-state index in [0.29, 0.717) is 13.0 Å². The van der Waals surface area contributed by atoms with E-state index in [1.54, 1.807) is 4.90 Å². The molecule has 2 aliphatic rings. The molecule has 0 saturated carbocycles. The summed E-state index contributed by atoms with van der Waals surface area (Å²) in [4.78, 5) is 14.4. The lowest BCUT2D eigenvalue weighted by molar-refractivity contribution is 0.0191. The number of ether oxygens (including phenoxy) is 1. The van der Waals surface area contributed by atoms with E-state index in [2.05, 4.69) is 0 Å². The normalized spacial score (nSPS) is 28.9. The molecule has 2 heterocycles. The van der Waals surface area contributed by atoms with Crippen molar-refractivity contribution in [1.29, 1.82) is 0 Å². The van der Waals surface area contributed by atoms with Gasteiger partial charge in [-0.1, -0.05) is 11.6 Å². The third kappa shape index (κ3) is 3.12. The molecule has 120 valence electrons. The number of aliphatic hydroxyl groups excluding tert-OH is 1. The van der Waals surface area contributed by atoms with Crippen molar-refractivity contribution in [3.8, 4) is 0 Å². The van der Waals surface area contributed by atoms with Gasteiger partial charge in [-0.25, -0.2) is 4.39 Å². The summed E-state index contributed by atoms with van der Waals surface area (Å²) in [6.07, 6.45) is 1.98. The second kappa shape index (κ2) is 6.52. The van der Waals surface area contributed by atoms with Gasteiger partial charge in [0.15, 0.2) is 0 Å². The zero-order valence-electron chi connectivity index (χ0n) is 12.2. The standard InChI is InChI=1S/C16H19ClFNO3/c17-14-6-11(18)3-4-13(14)16(21)19-8-12(20)7-15(19)10-2-1-5-22-9-10/h3-4,6,10,12,15,20H,1-2,5,7-9H2. The molecule has 3 unspecified atom stereocenters. The van der Waals surface area contributed by atoms with Gasteiger partial charge in [-0.3, -0.25) is 4.79 Å². The van der Waals surface area contributed by atoms with Crippen molar-refractivity contribution >= 4 is 17.5 Å². The second-order valence-electron chi connectivity index (χ2n) is 6.02. The molecule has 6 heteroatoms. The number of amides is 1. The van der Waals surface area contributed by atoms with Crippen molar-refractivity contribution in [3.05, 3.63) is 34.6 Å². The summed E-state index contributed by atoms with van der Waals surface area (Å²) in [5.74, 6) is -0.494. The number of hydrogen-bond acceptors (Lipinski definition) is 3. The Morgan fingerprint density at radius 1 is 1.45 bits per heavy atom. The molecular formula is C16H19ClFNO3. The molecule has 2 saturated heterocycles. The van der Waals surface area contributed by atoms with Crippen LogP contribution >= 0.6 is 11.6 Å². The molecule has 1 aromatic carbocycles. The third-order valence-electron chi connectivity index (χ3n) is 4.48. The molecular weight excluding hydrogens is 309 g/mol. The minimum Gasteiger partial charge on any atom is -0.391 e. The fourth-order valence-corrected chi connectivity index (χ4v) is 3.66. The number of likely N-dealkylation sites (tertiary alicyclic amines) is 1. The fourth-order valence-electron chi connectivity index (χ4n) is 3.41. The van der Waals surface area contributed by atoms with E-state index in [0.717, 1.165) is 25.5 Å². The number of halogens is 2. The van der Waals surface area contributed by atoms with Crippen LogP contribution in [0.2, 0.25) is 5.02 Å². The quantitative estimate of drug-likeness (QED) is 0.908. The minimum absolute atomic E-state index is 0.0519. The molecule has 3 atom stereocenters. The van der Waals surface area contributed by atoms with Crippen LogP contribution in [0.4, 0.5) is 4.39 Å². The van der Waals surface area contributed by atoms with E-state index >= 15 is 0 Å². The van der Waals surface area contributed by atoms with Crippen LogP contribution in [-0.2, 0) is 4.74 Å². The maximum atomic E-state index is 13.2. The Hall–Kier alpha value is -1.17. The Kier molecular flexibility index (Phi) is 4.66. The van der Waals surface area contributed by atoms with Gasteiger partial charge in [-0.05, 0) is 37.5 Å². The summed E-state index contributed by atoms with van der Waals surface area (Å²) in [5.41, 5.74) is 0.277. The predicted octanol–water partition coefficient (Wildman–Crippen LogP) is 2.48. The molecule has 3 rings (SSSR count). The lowest BCUT2D eigenvalue weighted by Crippen LogP contribution is -2.43. The highest BCUT2D eigenvalue weighted by molar-refractivity contribution is 6.33. The van der Waals surface area contributed by atoms with E-state index in [4.69, 9.17) is 16.3 Å². The summed E-state index contributed by atoms with van der Waals surface area (Å²) < 4.78 is 18.7. The van der Waals surface area contributed by atoms with Gasteiger partial charge in [0.1, 0.15) is 5.82 Å². The Morgan fingerprint density at radius 3 is 2.95 bits per heavy atom. The van der Waals surface area contributed by atoms with E-state index in [-0.39, 0.29) is 35.0 Å². The lowest BCUT2D eigenvalue weighted by Gasteiger charge is -2.33. The second-order valence-corrected chi connectivity index (χ2v) is 6.42. The molecule has 22 heavy (non-hydrogen) atoms. The molecule has 4 nitrogen and oxygen atoms in total. The Bertz CT molecular complexity index is 562. The molecule has 0 aromatic heterocycles. The number of benzene rings is 1.